The van der Waals surface area contributed by atoms with Crippen molar-refractivity contribution in [2.24, 2.45) is 0 Å². The first-order valence-electron chi connectivity index (χ1n) is 10.7. The van der Waals surface area contributed by atoms with Crippen LogP contribution in [0.1, 0.15) is 54.8 Å². The van der Waals surface area contributed by atoms with Gasteiger partial charge in [0.05, 0.1) is 6.57 Å². The topological polar surface area (TPSA) is 44.9 Å². The minimum atomic E-state index is -1.21. The molecule has 1 aromatic heterocycles. The second-order valence-electron chi connectivity index (χ2n) is 7.19. The van der Waals surface area contributed by atoms with Gasteiger partial charge in [0.1, 0.15) is 0 Å². The normalized spacial score (nSPS) is 11.8. The third-order valence-electron chi connectivity index (χ3n) is 4.76. The first-order chi connectivity index (χ1) is 15.1. The van der Waals surface area contributed by atoms with E-state index in [4.69, 9.17) is 11.7 Å². The number of allylic oxidation sites excluding steroid dienone is 2. The summed E-state index contributed by atoms with van der Waals surface area (Å²) in [5.41, 5.74) is 2.15. The molecule has 1 aromatic carbocycles. The van der Waals surface area contributed by atoms with Crippen LogP contribution < -0.4 is 4.90 Å². The number of anilines is 1. The molecule has 2 rings (SSSR count). The van der Waals surface area contributed by atoms with Crippen LogP contribution >= 0.6 is 11.3 Å². The lowest BCUT2D eigenvalue weighted by molar-refractivity contribution is -0.132. The lowest BCUT2D eigenvalue weighted by atomic mass is 10.1. The van der Waals surface area contributed by atoms with Crippen LogP contribution in [0.15, 0.2) is 54.2 Å². The van der Waals surface area contributed by atoms with Crippen molar-refractivity contribution in [3.05, 3.63) is 81.0 Å². The van der Waals surface area contributed by atoms with E-state index in [9.17, 15) is 4.79 Å². The zero-order chi connectivity index (χ0) is 22.5. The minimum absolute atomic E-state index is 0.292. The molecule has 0 fully saturated rings. The molecule has 31 heavy (non-hydrogen) atoms. The predicted molar refractivity (Wildman–Crippen MR) is 133 cm³/mol. The van der Waals surface area contributed by atoms with E-state index in [-0.39, 0.29) is 5.70 Å². The van der Waals surface area contributed by atoms with Crippen LogP contribution in [0.2, 0.25) is 0 Å². The van der Waals surface area contributed by atoms with Gasteiger partial charge in [-0.15, -0.1) is 11.3 Å². The van der Waals surface area contributed by atoms with E-state index < -0.39 is 5.97 Å². The van der Waals surface area contributed by atoms with Gasteiger partial charge < -0.3 is 10.0 Å². The first-order valence-corrected chi connectivity index (χ1v) is 11.5. The average molecular weight is 435 g/mol. The lowest BCUT2D eigenvalue weighted by Crippen LogP contribution is -2.25. The van der Waals surface area contributed by atoms with Crippen molar-refractivity contribution in [3.8, 4) is 0 Å². The second kappa shape index (κ2) is 13.3. The molecule has 5 heteroatoms. The number of hydrogen-bond acceptors (Lipinski definition) is 3. The van der Waals surface area contributed by atoms with Gasteiger partial charge in [-0.3, -0.25) is 4.79 Å². The number of unbranched alkanes of at least 4 members (excludes halogenated alkanes) is 2. The molecule has 0 atom stereocenters. The molecular weight excluding hydrogens is 404 g/mol. The fraction of sp³-hybridized carbons (Fsp3) is 0.308. The van der Waals surface area contributed by atoms with E-state index in [0.717, 1.165) is 28.4 Å². The Morgan fingerprint density at radius 3 is 2.16 bits per heavy atom. The van der Waals surface area contributed by atoms with Crippen molar-refractivity contribution in [1.82, 2.24) is 0 Å². The van der Waals surface area contributed by atoms with Crippen molar-refractivity contribution >= 4 is 41.2 Å². The quantitative estimate of drug-likeness (QED) is 0.218. The van der Waals surface area contributed by atoms with Crippen LogP contribution in [-0.2, 0) is 4.79 Å². The minimum Gasteiger partial charge on any atom is -0.486 e. The van der Waals surface area contributed by atoms with Crippen LogP contribution in [-0.4, -0.2) is 24.2 Å². The SMILES string of the molecule is [C-]#[N+]C(=CC=Cc1ccc(C=Cc2ccc(N(CCCC)CCCC)cc2)s1)C(=O)O. The Morgan fingerprint density at radius 2 is 1.61 bits per heavy atom. The number of rotatable bonds is 12. The highest BCUT2D eigenvalue weighted by Gasteiger charge is 2.05. The molecule has 0 saturated carbocycles. The summed E-state index contributed by atoms with van der Waals surface area (Å²) in [5, 5.41) is 8.85. The third-order valence-corrected chi connectivity index (χ3v) is 5.78. The fourth-order valence-electron chi connectivity index (χ4n) is 2.98. The zero-order valence-electron chi connectivity index (χ0n) is 18.3. The zero-order valence-corrected chi connectivity index (χ0v) is 19.1. The highest BCUT2D eigenvalue weighted by atomic mass is 32.1. The molecule has 162 valence electrons. The van der Waals surface area contributed by atoms with Gasteiger partial charge in [-0.2, -0.15) is 0 Å². The number of carboxylic acid groups (broad SMARTS) is 1. The van der Waals surface area contributed by atoms with E-state index >= 15 is 0 Å². The lowest BCUT2D eigenvalue weighted by Gasteiger charge is -2.24. The van der Waals surface area contributed by atoms with Crippen molar-refractivity contribution in [3.63, 3.8) is 0 Å². The predicted octanol–water partition coefficient (Wildman–Crippen LogP) is 7.23. The number of carbonyl (C=O) groups is 1. The second-order valence-corrected chi connectivity index (χ2v) is 8.33. The maximum atomic E-state index is 10.8. The van der Waals surface area contributed by atoms with Crippen molar-refractivity contribution in [1.29, 1.82) is 0 Å². The standard InChI is InChI=1S/C26H30N2O2S/c1-4-6-19-28(20-7-5-2)22-14-11-21(12-15-22)13-16-24-18-17-23(31-24)9-8-10-25(27-3)26(29)30/h8-18H,4-7,19-20H2,1-2H3,(H,29,30). The van der Waals surface area contributed by atoms with Crippen LogP contribution in [0.3, 0.4) is 0 Å². The number of benzene rings is 1. The number of hydrogen-bond donors (Lipinski definition) is 1. The van der Waals surface area contributed by atoms with Crippen molar-refractivity contribution in [2.45, 2.75) is 39.5 Å². The molecule has 2 aromatic rings. The van der Waals surface area contributed by atoms with Gasteiger partial charge in [0.2, 0.25) is 0 Å². The summed E-state index contributed by atoms with van der Waals surface area (Å²) in [4.78, 5) is 18.4. The Morgan fingerprint density at radius 1 is 1.00 bits per heavy atom. The summed E-state index contributed by atoms with van der Waals surface area (Å²) in [5.74, 6) is -1.21. The number of thiophene rings is 1. The molecule has 1 N–H and O–H groups in total. The third kappa shape index (κ3) is 8.27. The maximum Gasteiger partial charge on any atom is 0.333 e. The smallest absolute Gasteiger partial charge is 0.333 e. The highest BCUT2D eigenvalue weighted by molar-refractivity contribution is 7.13. The van der Waals surface area contributed by atoms with E-state index in [2.05, 4.69) is 60.0 Å². The molecule has 0 spiro atoms. The summed E-state index contributed by atoms with van der Waals surface area (Å²) in [6.45, 7) is 13.5. The number of nitrogens with zero attached hydrogens (tertiary/aromatic N) is 2. The largest absolute Gasteiger partial charge is 0.486 e. The van der Waals surface area contributed by atoms with E-state index in [1.807, 2.05) is 18.2 Å². The van der Waals surface area contributed by atoms with E-state index in [1.54, 1.807) is 17.4 Å². The molecule has 0 saturated heterocycles. The monoisotopic (exact) mass is 434 g/mol. The Kier molecular flexibility index (Phi) is 10.3. The Hall–Kier alpha value is -3.10. The molecule has 1 heterocycles. The van der Waals surface area contributed by atoms with Crippen molar-refractivity contribution in [2.75, 3.05) is 18.0 Å². The molecular formula is C26H30N2O2S. The molecule has 0 aliphatic carbocycles. The summed E-state index contributed by atoms with van der Waals surface area (Å²) >= 11 is 1.61. The fourth-order valence-corrected chi connectivity index (χ4v) is 3.81. The molecule has 4 nitrogen and oxygen atoms in total. The summed E-state index contributed by atoms with van der Waals surface area (Å²) in [7, 11) is 0. The molecule has 0 aliphatic heterocycles. The van der Waals surface area contributed by atoms with Gasteiger partial charge in [-0.25, -0.2) is 4.85 Å². The maximum absolute atomic E-state index is 10.8. The highest BCUT2D eigenvalue weighted by Crippen LogP contribution is 2.22. The van der Waals surface area contributed by atoms with E-state index in [0.29, 0.717) is 0 Å². The van der Waals surface area contributed by atoms with Crippen LogP contribution in [0, 0.1) is 6.57 Å². The first kappa shape index (κ1) is 24.2. The molecule has 0 unspecified atom stereocenters. The number of carboxylic acids is 1. The molecule has 0 amide bonds. The summed E-state index contributed by atoms with van der Waals surface area (Å²) < 4.78 is 0. The van der Waals surface area contributed by atoms with Crippen molar-refractivity contribution < 1.29 is 9.90 Å². The van der Waals surface area contributed by atoms with E-state index in [1.165, 1.54) is 37.4 Å². The average Bonchev–Trinajstić information content (AvgIpc) is 3.23. The van der Waals surface area contributed by atoms with Gasteiger partial charge >= 0.3 is 5.97 Å². The van der Waals surface area contributed by atoms with Gasteiger partial charge in [0, 0.05) is 28.5 Å². The molecule has 0 aliphatic rings. The number of aliphatic carboxylic acids is 1. The van der Waals surface area contributed by atoms with Crippen LogP contribution in [0.25, 0.3) is 23.1 Å². The molecule has 0 radical (unpaired) electrons. The summed E-state index contributed by atoms with van der Waals surface area (Å²) in [6.07, 6.45) is 13.8. The van der Waals surface area contributed by atoms with Gasteiger partial charge in [0.25, 0.3) is 5.70 Å². The van der Waals surface area contributed by atoms with Gasteiger partial charge in [0.15, 0.2) is 0 Å². The Bertz CT molecular complexity index is 954. The van der Waals surface area contributed by atoms with Gasteiger partial charge in [-0.1, -0.05) is 51.0 Å². The van der Waals surface area contributed by atoms with Crippen LogP contribution in [0.5, 0.6) is 0 Å². The Labute approximate surface area is 189 Å². The van der Waals surface area contributed by atoms with Crippen LogP contribution in [0.4, 0.5) is 5.69 Å². The molecule has 0 bridgehead atoms. The summed E-state index contributed by atoms with van der Waals surface area (Å²) in [6, 6.07) is 12.7. The van der Waals surface area contributed by atoms with Gasteiger partial charge in [-0.05, 0) is 60.9 Å². The Balaban J connectivity index is 2.01.